The van der Waals surface area contributed by atoms with Gasteiger partial charge in [-0.25, -0.2) is 4.98 Å². The van der Waals surface area contributed by atoms with Crippen molar-refractivity contribution in [3.05, 3.63) is 46.7 Å². The van der Waals surface area contributed by atoms with Crippen LogP contribution < -0.4 is 4.74 Å². The van der Waals surface area contributed by atoms with Crippen LogP contribution in [0.3, 0.4) is 0 Å². The van der Waals surface area contributed by atoms with Crippen molar-refractivity contribution in [3.8, 4) is 16.9 Å². The Kier molecular flexibility index (Phi) is 4.34. The van der Waals surface area contributed by atoms with Crippen LogP contribution in [0.2, 0.25) is 0 Å². The SMILES string of the molecule is BCc1cc(-c2ccc(OC(F)(F)F)cc2)c2ncn(C)c2c1Br. The third-order valence-electron chi connectivity index (χ3n) is 3.78. The monoisotopic (exact) mass is 396 g/mol. The number of imidazole rings is 1. The zero-order valence-corrected chi connectivity index (χ0v) is 14.6. The molecule has 0 saturated carbocycles. The molecular weight excluding hydrogens is 384 g/mol. The van der Waals surface area contributed by atoms with Crippen LogP contribution in [0.1, 0.15) is 5.56 Å². The van der Waals surface area contributed by atoms with Crippen molar-refractivity contribution in [1.82, 2.24) is 9.55 Å². The summed E-state index contributed by atoms with van der Waals surface area (Å²) in [5.41, 5.74) is 4.53. The fourth-order valence-electron chi connectivity index (χ4n) is 2.66. The minimum Gasteiger partial charge on any atom is -0.406 e. The van der Waals surface area contributed by atoms with Gasteiger partial charge in [0.25, 0.3) is 0 Å². The maximum atomic E-state index is 12.3. The molecule has 1 aromatic heterocycles. The Bertz CT molecular complexity index is 891. The van der Waals surface area contributed by atoms with E-state index in [2.05, 4.69) is 25.7 Å². The molecule has 24 heavy (non-hydrogen) atoms. The van der Waals surface area contributed by atoms with E-state index in [0.29, 0.717) is 0 Å². The van der Waals surface area contributed by atoms with Gasteiger partial charge in [-0.1, -0.05) is 18.5 Å². The van der Waals surface area contributed by atoms with Crippen molar-refractivity contribution in [2.24, 2.45) is 7.05 Å². The minimum absolute atomic E-state index is 0.239. The van der Waals surface area contributed by atoms with Crippen molar-refractivity contribution < 1.29 is 17.9 Å². The first kappa shape index (κ1) is 16.9. The minimum atomic E-state index is -4.69. The fraction of sp³-hybridized carbons (Fsp3) is 0.188. The summed E-state index contributed by atoms with van der Waals surface area (Å²) in [7, 11) is 3.95. The van der Waals surface area contributed by atoms with Gasteiger partial charge in [0, 0.05) is 17.1 Å². The summed E-state index contributed by atoms with van der Waals surface area (Å²) in [5.74, 6) is -0.239. The Labute approximate surface area is 146 Å². The molecule has 0 fully saturated rings. The molecule has 0 aliphatic carbocycles. The van der Waals surface area contributed by atoms with Crippen molar-refractivity contribution in [2.75, 3.05) is 0 Å². The average Bonchev–Trinajstić information content (AvgIpc) is 2.90. The molecule has 0 N–H and O–H groups in total. The van der Waals surface area contributed by atoms with Gasteiger partial charge in [0.15, 0.2) is 0 Å². The summed E-state index contributed by atoms with van der Waals surface area (Å²) in [5, 5.41) is 0. The van der Waals surface area contributed by atoms with Gasteiger partial charge in [-0.15, -0.1) is 13.2 Å². The third kappa shape index (κ3) is 3.15. The molecular formula is C16H13BBrF3N2O. The lowest BCUT2D eigenvalue weighted by Gasteiger charge is -2.12. The fourth-order valence-corrected chi connectivity index (χ4v) is 3.52. The first-order chi connectivity index (χ1) is 11.3. The van der Waals surface area contributed by atoms with E-state index < -0.39 is 6.36 Å². The number of aromatic nitrogens is 2. The molecule has 1 heterocycles. The van der Waals surface area contributed by atoms with Crippen LogP contribution >= 0.6 is 15.9 Å². The highest BCUT2D eigenvalue weighted by molar-refractivity contribution is 9.10. The van der Waals surface area contributed by atoms with Gasteiger partial charge < -0.3 is 9.30 Å². The summed E-state index contributed by atoms with van der Waals surface area (Å²) in [6, 6.07) is 7.85. The molecule has 0 aliphatic heterocycles. The first-order valence-electron chi connectivity index (χ1n) is 7.28. The lowest BCUT2D eigenvalue weighted by molar-refractivity contribution is -0.274. The van der Waals surface area contributed by atoms with Crippen LogP contribution in [0.25, 0.3) is 22.2 Å². The molecule has 0 bridgehead atoms. The number of ether oxygens (including phenoxy) is 1. The Hall–Kier alpha value is -1.96. The summed E-state index contributed by atoms with van der Waals surface area (Å²) in [6.07, 6.45) is -2.15. The normalized spacial score (nSPS) is 11.9. The number of nitrogens with zero attached hydrogens (tertiary/aromatic N) is 2. The highest BCUT2D eigenvalue weighted by atomic mass is 79.9. The molecule has 0 unspecified atom stereocenters. The van der Waals surface area contributed by atoms with Gasteiger partial charge in [-0.2, -0.15) is 0 Å². The lowest BCUT2D eigenvalue weighted by Crippen LogP contribution is -2.16. The molecule has 0 amide bonds. The van der Waals surface area contributed by atoms with E-state index in [1.165, 1.54) is 12.1 Å². The number of halogens is 4. The van der Waals surface area contributed by atoms with E-state index in [9.17, 15) is 13.2 Å². The molecule has 8 heteroatoms. The molecule has 0 saturated heterocycles. The molecule has 3 rings (SSSR count). The van der Waals surface area contributed by atoms with Crippen LogP contribution in [-0.2, 0) is 13.4 Å². The average molecular weight is 397 g/mol. The summed E-state index contributed by atoms with van der Waals surface area (Å²) < 4.78 is 43.7. The first-order valence-corrected chi connectivity index (χ1v) is 8.08. The van der Waals surface area contributed by atoms with Gasteiger partial charge in [0.05, 0.1) is 17.4 Å². The predicted octanol–water partition coefficient (Wildman–Crippen LogP) is 4.03. The van der Waals surface area contributed by atoms with Crippen LogP contribution in [0.5, 0.6) is 5.75 Å². The van der Waals surface area contributed by atoms with Crippen LogP contribution in [0.4, 0.5) is 13.2 Å². The number of alkyl halides is 3. The number of aryl methyl sites for hydroxylation is 1. The quantitative estimate of drug-likeness (QED) is 0.625. The Morgan fingerprint density at radius 3 is 2.50 bits per heavy atom. The number of hydrogen-bond acceptors (Lipinski definition) is 2. The number of fused-ring (bicyclic) bond motifs is 1. The largest absolute Gasteiger partial charge is 0.573 e. The maximum absolute atomic E-state index is 12.3. The summed E-state index contributed by atoms with van der Waals surface area (Å²) in [6.45, 7) is 0. The molecule has 0 spiro atoms. The van der Waals surface area contributed by atoms with Crippen molar-refractivity contribution in [3.63, 3.8) is 0 Å². The predicted molar refractivity (Wildman–Crippen MR) is 92.8 cm³/mol. The van der Waals surface area contributed by atoms with Crippen LogP contribution in [-0.4, -0.2) is 23.8 Å². The van der Waals surface area contributed by atoms with Gasteiger partial charge >= 0.3 is 6.36 Å². The number of hydrogen-bond donors (Lipinski definition) is 0. The maximum Gasteiger partial charge on any atom is 0.573 e. The molecule has 2 aromatic carbocycles. The molecule has 0 aliphatic rings. The topological polar surface area (TPSA) is 27.1 Å². The molecule has 3 aromatic rings. The number of rotatable bonds is 3. The zero-order valence-electron chi connectivity index (χ0n) is 13.0. The van der Waals surface area contributed by atoms with Crippen molar-refractivity contribution in [2.45, 2.75) is 12.7 Å². The van der Waals surface area contributed by atoms with Gasteiger partial charge in [0.2, 0.25) is 0 Å². The number of benzene rings is 2. The highest BCUT2D eigenvalue weighted by Gasteiger charge is 2.31. The Balaban J connectivity index is 2.11. The Morgan fingerprint density at radius 2 is 1.92 bits per heavy atom. The second-order valence-corrected chi connectivity index (χ2v) is 6.17. The van der Waals surface area contributed by atoms with E-state index in [4.69, 9.17) is 0 Å². The van der Waals surface area contributed by atoms with Crippen molar-refractivity contribution >= 4 is 34.8 Å². The molecule has 0 atom stereocenters. The smallest absolute Gasteiger partial charge is 0.406 e. The standard InChI is InChI=1S/C16H13BBrF3N2O/c1-23-8-22-14-12(6-10(7-17)13(18)15(14)23)9-2-4-11(5-3-9)24-16(19,20)21/h2-6,8H,7,17H2,1H3. The summed E-state index contributed by atoms with van der Waals surface area (Å²) >= 11 is 3.62. The van der Waals surface area contributed by atoms with E-state index in [1.54, 1.807) is 18.5 Å². The molecule has 3 nitrogen and oxygen atoms in total. The second kappa shape index (κ2) is 6.16. The van der Waals surface area contributed by atoms with E-state index in [0.717, 1.165) is 38.5 Å². The van der Waals surface area contributed by atoms with Gasteiger partial charge in [-0.3, -0.25) is 0 Å². The summed E-state index contributed by atoms with van der Waals surface area (Å²) in [4.78, 5) is 4.43. The van der Waals surface area contributed by atoms with E-state index in [1.807, 2.05) is 25.5 Å². The third-order valence-corrected chi connectivity index (χ3v) is 4.67. The van der Waals surface area contributed by atoms with E-state index in [-0.39, 0.29) is 5.75 Å². The van der Waals surface area contributed by atoms with Gasteiger partial charge in [0.1, 0.15) is 13.6 Å². The van der Waals surface area contributed by atoms with Crippen LogP contribution in [0, 0.1) is 0 Å². The molecule has 0 radical (unpaired) electrons. The molecule has 124 valence electrons. The highest BCUT2D eigenvalue weighted by Crippen LogP contribution is 2.36. The van der Waals surface area contributed by atoms with Crippen LogP contribution in [0.15, 0.2) is 41.1 Å². The van der Waals surface area contributed by atoms with Gasteiger partial charge in [-0.05, 0) is 45.3 Å². The second-order valence-electron chi connectivity index (χ2n) is 5.38. The Morgan fingerprint density at radius 1 is 1.25 bits per heavy atom. The van der Waals surface area contributed by atoms with Crippen molar-refractivity contribution in [1.29, 1.82) is 0 Å². The zero-order chi connectivity index (χ0) is 17.5. The lowest BCUT2D eigenvalue weighted by atomic mass is 9.93. The van der Waals surface area contributed by atoms with E-state index >= 15 is 0 Å².